The molecule has 432 valence electrons. The summed E-state index contributed by atoms with van der Waals surface area (Å²) < 4.78 is 110. The lowest BCUT2D eigenvalue weighted by Crippen LogP contribution is -2.62. The lowest BCUT2D eigenvalue weighted by molar-refractivity contribution is -0.369. The molecule has 2 unspecified atom stereocenters. The number of esters is 1. The summed E-state index contributed by atoms with van der Waals surface area (Å²) in [5, 5.41) is 9.84. The predicted octanol–water partition coefficient (Wildman–Crippen LogP) is 5.97. The molecule has 17 fully saturated rings. The molecular weight excluding hydrogens is 1010 g/mol. The van der Waals surface area contributed by atoms with Gasteiger partial charge in [-0.15, -0.1) is 0 Å². The number of aliphatic hydroxyl groups is 1. The molecule has 0 saturated carbocycles. The molecule has 17 aliphatic heterocycles. The third-order valence-electron chi connectivity index (χ3n) is 22.3. The molecule has 78 heavy (non-hydrogen) atoms. The van der Waals surface area contributed by atoms with Crippen molar-refractivity contribution < 1.29 is 85.7 Å². The zero-order valence-corrected chi connectivity index (χ0v) is 46.0. The van der Waals surface area contributed by atoms with E-state index in [9.17, 15) is 9.90 Å². The van der Waals surface area contributed by atoms with Crippen molar-refractivity contribution in [1.82, 2.24) is 0 Å². The summed E-state index contributed by atoms with van der Waals surface area (Å²) in [6, 6.07) is 0. The fourth-order valence-corrected chi connectivity index (χ4v) is 18.6. The van der Waals surface area contributed by atoms with Gasteiger partial charge in [-0.1, -0.05) is 40.9 Å². The second-order valence-electron chi connectivity index (χ2n) is 27.6. The van der Waals surface area contributed by atoms with Gasteiger partial charge in [0, 0.05) is 70.1 Å². The minimum Gasteiger partial charge on any atom is -0.459 e. The molecule has 12 bridgehead atoms. The Hall–Kier alpha value is -1.69. The number of fused-ring (bicyclic) bond motifs is 11. The van der Waals surface area contributed by atoms with Gasteiger partial charge in [0.2, 0.25) is 0 Å². The molecule has 0 aromatic heterocycles. The van der Waals surface area contributed by atoms with E-state index in [2.05, 4.69) is 40.9 Å². The highest BCUT2D eigenvalue weighted by atomic mass is 16.8. The first-order valence-corrected chi connectivity index (χ1v) is 30.8. The SMILES string of the molecule is C=C1C[C@@H]2CC[C@@]34C[C@H]5O[C@H]6C(O[C@H]7CC[C@H](CC(=O)O[C@@H]8[C@@H](C)[C@@H]9O[C@@H]%10C[C@]%11(C[C@@H]%12O[C@]%13(C[C@H](C)[C@@H]%14O[C@@H]%15CC(CO)O[C@@H]%15C[C@@H]%14O%13)C[C@H](C)[C@@H]%12O%11)O[C@@H]%10C[C@@H]9O[C@H]8C[C@H]8O[C@@H](CC[C@@H]1O2)C[C@@H](C)C8=C)O[C@@H]7[C@@H]6O3)[C@H]5O4. The molecule has 0 aromatic rings. The van der Waals surface area contributed by atoms with Crippen LogP contribution in [0.3, 0.4) is 0 Å². The molecule has 17 aliphatic rings. The van der Waals surface area contributed by atoms with Gasteiger partial charge in [0.25, 0.3) is 0 Å². The van der Waals surface area contributed by atoms with Gasteiger partial charge in [-0.25, -0.2) is 0 Å². The standard InChI is InChI=1S/C60H84O18/c1-26-13-32-7-9-36-27(2)14-34(63-36)11-12-58-23-46-54(77-58)55-56(71-46)57(78-58)53-37(68-55)10-8-33(66-53)16-48(62)72-52-31(6)51-43(67-42(52)17-38(64-32)30(26)5)19-41-45(70-51)22-60(73-41)24-47-50(76-60)29(4)21-59(75-47)20-28(3)49-44(74-59)18-40-39(69-49)15-35(25-61)65-40/h26,28-29,31-47,49-57,61H,2,5,7-25H2,1,3-4,6H3/t26-,28+,29+,31+,32+,33-,34+,35?,36+,37+,38-,39-,40-,41-,42+,43+,44+,45-,46-,47+,49+,50+,51+,52-,53+,54+,55?,56+,57+,58+,59-,60+/m1/s1. The molecular formula is C60H84O18. The fourth-order valence-electron chi connectivity index (χ4n) is 18.6. The Morgan fingerprint density at radius 1 is 0.449 bits per heavy atom. The highest BCUT2D eigenvalue weighted by Gasteiger charge is 2.70. The molecule has 0 aliphatic carbocycles. The van der Waals surface area contributed by atoms with Crippen molar-refractivity contribution in [3.8, 4) is 0 Å². The van der Waals surface area contributed by atoms with Crippen LogP contribution in [-0.2, 0) is 80.6 Å². The van der Waals surface area contributed by atoms with Gasteiger partial charge >= 0.3 is 5.97 Å². The van der Waals surface area contributed by atoms with Gasteiger partial charge in [-0.3, -0.25) is 4.79 Å². The topological polar surface area (TPSA) is 185 Å². The van der Waals surface area contributed by atoms with Crippen molar-refractivity contribution in [2.24, 2.45) is 23.7 Å². The zero-order valence-electron chi connectivity index (χ0n) is 46.0. The summed E-state index contributed by atoms with van der Waals surface area (Å²) in [6.07, 6.45) is 6.32. The highest BCUT2D eigenvalue weighted by Crippen LogP contribution is 2.58. The normalized spacial score (nSPS) is 59.7. The van der Waals surface area contributed by atoms with E-state index >= 15 is 0 Å². The van der Waals surface area contributed by atoms with Crippen molar-refractivity contribution in [3.63, 3.8) is 0 Å². The van der Waals surface area contributed by atoms with Crippen LogP contribution in [-0.4, -0.2) is 188 Å². The number of carbonyl (C=O) groups is 1. The predicted molar refractivity (Wildman–Crippen MR) is 270 cm³/mol. The molecule has 32 atom stereocenters. The lowest BCUT2D eigenvalue weighted by Gasteiger charge is -2.54. The van der Waals surface area contributed by atoms with Gasteiger partial charge in [-0.05, 0) is 73.8 Å². The summed E-state index contributed by atoms with van der Waals surface area (Å²) in [6.45, 7) is 18.0. The third-order valence-corrected chi connectivity index (χ3v) is 22.3. The Bertz CT molecular complexity index is 2360. The second-order valence-corrected chi connectivity index (χ2v) is 27.6. The van der Waals surface area contributed by atoms with Gasteiger partial charge < -0.3 is 80.9 Å². The molecule has 17 saturated heterocycles. The first-order chi connectivity index (χ1) is 37.6. The quantitative estimate of drug-likeness (QED) is 0.239. The van der Waals surface area contributed by atoms with E-state index in [1.807, 2.05) is 0 Å². The maximum absolute atomic E-state index is 14.6. The Balaban J connectivity index is 0.635. The fraction of sp³-hybridized carbons (Fsp3) is 0.917. The van der Waals surface area contributed by atoms with E-state index in [4.69, 9.17) is 75.8 Å². The molecule has 1 N–H and O–H groups in total. The molecule has 17 rings (SSSR count). The smallest absolute Gasteiger partial charge is 0.308 e. The summed E-state index contributed by atoms with van der Waals surface area (Å²) in [5.74, 6) is -2.41. The molecule has 0 aromatic carbocycles. The molecule has 18 heteroatoms. The van der Waals surface area contributed by atoms with Crippen LogP contribution in [0.4, 0.5) is 0 Å². The van der Waals surface area contributed by atoms with E-state index in [1.165, 1.54) is 0 Å². The maximum Gasteiger partial charge on any atom is 0.308 e. The Morgan fingerprint density at radius 3 is 1.97 bits per heavy atom. The van der Waals surface area contributed by atoms with E-state index in [-0.39, 0.29) is 171 Å². The summed E-state index contributed by atoms with van der Waals surface area (Å²) in [7, 11) is 0. The first kappa shape index (κ1) is 51.9. The van der Waals surface area contributed by atoms with Gasteiger partial charge in [0.05, 0.1) is 129 Å². The van der Waals surface area contributed by atoms with E-state index < -0.39 is 41.8 Å². The maximum atomic E-state index is 14.6. The van der Waals surface area contributed by atoms with E-state index in [1.54, 1.807) is 0 Å². The van der Waals surface area contributed by atoms with Crippen molar-refractivity contribution in [2.45, 2.75) is 313 Å². The summed E-state index contributed by atoms with van der Waals surface area (Å²) in [5.41, 5.74) is 2.17. The molecule has 3 spiro atoms. The lowest BCUT2D eigenvalue weighted by atomic mass is 9.78. The minimum atomic E-state index is -0.883. The molecule has 17 heterocycles. The molecule has 18 nitrogen and oxygen atoms in total. The monoisotopic (exact) mass is 1090 g/mol. The summed E-state index contributed by atoms with van der Waals surface area (Å²) >= 11 is 0. The first-order valence-electron chi connectivity index (χ1n) is 30.8. The average Bonchev–Trinajstić information content (AvgIpc) is 4.43. The zero-order chi connectivity index (χ0) is 52.7. The van der Waals surface area contributed by atoms with Crippen LogP contribution in [0.2, 0.25) is 0 Å². The van der Waals surface area contributed by atoms with Crippen LogP contribution in [0.5, 0.6) is 0 Å². The number of hydrogen-bond acceptors (Lipinski definition) is 18. The van der Waals surface area contributed by atoms with E-state index in [0.717, 1.165) is 62.5 Å². The number of aliphatic hydroxyl groups excluding tert-OH is 1. The van der Waals surface area contributed by atoms with E-state index in [0.29, 0.717) is 57.8 Å². The van der Waals surface area contributed by atoms with Crippen LogP contribution in [0, 0.1) is 23.7 Å². The largest absolute Gasteiger partial charge is 0.459 e. The van der Waals surface area contributed by atoms with Gasteiger partial charge in [-0.2, -0.15) is 0 Å². The minimum absolute atomic E-state index is 0.00126. The Morgan fingerprint density at radius 2 is 1.10 bits per heavy atom. The Kier molecular flexibility index (Phi) is 12.8. The van der Waals surface area contributed by atoms with Gasteiger partial charge in [0.15, 0.2) is 17.4 Å². The van der Waals surface area contributed by atoms with Gasteiger partial charge in [0.1, 0.15) is 36.6 Å². The second kappa shape index (κ2) is 19.2. The highest BCUT2D eigenvalue weighted by molar-refractivity contribution is 5.70. The Labute approximate surface area is 458 Å². The van der Waals surface area contributed by atoms with Crippen LogP contribution in [0.25, 0.3) is 0 Å². The number of ether oxygens (including phenoxy) is 16. The van der Waals surface area contributed by atoms with Crippen LogP contribution >= 0.6 is 0 Å². The average molecular weight is 1090 g/mol. The van der Waals surface area contributed by atoms with Crippen LogP contribution in [0.1, 0.15) is 143 Å². The third kappa shape index (κ3) is 8.61. The number of carbonyl (C=O) groups excluding carboxylic acids is 1. The van der Waals surface area contributed by atoms with Crippen molar-refractivity contribution >= 4 is 5.97 Å². The molecule has 0 radical (unpaired) electrons. The number of rotatable bonds is 1. The summed E-state index contributed by atoms with van der Waals surface area (Å²) in [4.78, 5) is 14.6. The van der Waals surface area contributed by atoms with Crippen LogP contribution < -0.4 is 0 Å². The number of hydrogen-bond donors (Lipinski definition) is 1. The van der Waals surface area contributed by atoms with Crippen LogP contribution in [0.15, 0.2) is 24.3 Å². The molecule has 0 amide bonds. The van der Waals surface area contributed by atoms with Crippen molar-refractivity contribution in [1.29, 1.82) is 0 Å². The van der Waals surface area contributed by atoms with Crippen molar-refractivity contribution in [2.75, 3.05) is 6.61 Å². The van der Waals surface area contributed by atoms with Crippen molar-refractivity contribution in [3.05, 3.63) is 24.3 Å².